The quantitative estimate of drug-likeness (QED) is 0.717. The minimum absolute atomic E-state index is 0.113. The number of carbonyl (C=O) groups excluding carboxylic acids is 1. The van der Waals surface area contributed by atoms with Gasteiger partial charge >= 0.3 is 0 Å². The van der Waals surface area contributed by atoms with Gasteiger partial charge in [0.1, 0.15) is 23.9 Å². The third-order valence-corrected chi connectivity index (χ3v) is 5.87. The largest absolute Gasteiger partial charge is 0.497 e. The van der Waals surface area contributed by atoms with E-state index in [2.05, 4.69) is 27.5 Å². The van der Waals surface area contributed by atoms with Crippen LogP contribution in [0.25, 0.3) is 0 Å². The van der Waals surface area contributed by atoms with E-state index in [0.717, 1.165) is 23.3 Å². The second-order valence-corrected chi connectivity index (χ2v) is 7.49. The van der Waals surface area contributed by atoms with Crippen molar-refractivity contribution < 1.29 is 14.3 Å². The number of ether oxygens (including phenoxy) is 2. The van der Waals surface area contributed by atoms with E-state index in [0.29, 0.717) is 23.9 Å². The van der Waals surface area contributed by atoms with Gasteiger partial charge in [-0.05, 0) is 30.0 Å². The molecule has 0 fully saturated rings. The van der Waals surface area contributed by atoms with Gasteiger partial charge in [-0.2, -0.15) is 10.1 Å². The Bertz CT molecular complexity index is 1140. The van der Waals surface area contributed by atoms with Crippen LogP contribution in [0.4, 0.5) is 5.95 Å². The van der Waals surface area contributed by atoms with Crippen molar-refractivity contribution in [2.45, 2.75) is 24.8 Å². The van der Waals surface area contributed by atoms with Crippen LogP contribution in [-0.2, 0) is 4.79 Å². The van der Waals surface area contributed by atoms with Gasteiger partial charge in [0, 0.05) is 29.3 Å². The van der Waals surface area contributed by atoms with Gasteiger partial charge in [-0.3, -0.25) is 4.79 Å². The lowest BCUT2D eigenvalue weighted by Crippen LogP contribution is -2.33. The normalized spacial score (nSPS) is 20.3. The van der Waals surface area contributed by atoms with Crippen molar-refractivity contribution in [3.63, 3.8) is 0 Å². The highest BCUT2D eigenvalue weighted by Crippen LogP contribution is 2.46. The van der Waals surface area contributed by atoms with Gasteiger partial charge < -0.3 is 14.8 Å². The molecule has 1 aliphatic carbocycles. The van der Waals surface area contributed by atoms with E-state index in [9.17, 15) is 4.79 Å². The molecule has 2 aliphatic rings. The number of ketones is 1. The van der Waals surface area contributed by atoms with Crippen LogP contribution in [0.1, 0.15) is 35.9 Å². The van der Waals surface area contributed by atoms with Crippen LogP contribution < -0.4 is 14.8 Å². The van der Waals surface area contributed by atoms with Crippen molar-refractivity contribution >= 4 is 11.7 Å². The van der Waals surface area contributed by atoms with Gasteiger partial charge in [0.15, 0.2) is 5.78 Å². The number of methoxy groups -OCH3 is 2. The summed E-state index contributed by atoms with van der Waals surface area (Å²) in [5.41, 5.74) is 3.66. The van der Waals surface area contributed by atoms with Crippen molar-refractivity contribution in [1.29, 1.82) is 0 Å². The number of rotatable bonds is 4. The SMILES string of the molecule is COc1ccc([C@@H]2C3=C(C[C@H](c4ccccc4)CC3=O)Nc3ncnn32)c(OC)c1. The highest BCUT2D eigenvalue weighted by molar-refractivity contribution is 6.00. The highest BCUT2D eigenvalue weighted by Gasteiger charge is 2.40. The maximum absolute atomic E-state index is 13.4. The maximum atomic E-state index is 13.4. The molecule has 0 radical (unpaired) electrons. The average Bonchev–Trinajstić information content (AvgIpc) is 3.26. The second-order valence-electron chi connectivity index (χ2n) is 7.49. The molecule has 0 amide bonds. The van der Waals surface area contributed by atoms with Crippen molar-refractivity contribution in [3.8, 4) is 11.5 Å². The Hall–Kier alpha value is -3.61. The second kappa shape index (κ2) is 7.33. The molecular formula is C23H22N4O3. The number of carbonyl (C=O) groups is 1. The predicted octanol–water partition coefficient (Wildman–Crippen LogP) is 3.71. The number of aromatic nitrogens is 3. The lowest BCUT2D eigenvalue weighted by atomic mass is 9.78. The Kier molecular flexibility index (Phi) is 4.50. The van der Waals surface area contributed by atoms with E-state index in [1.165, 1.54) is 11.9 Å². The van der Waals surface area contributed by atoms with Crippen molar-refractivity contribution in [3.05, 3.63) is 77.3 Å². The summed E-state index contributed by atoms with van der Waals surface area (Å²) >= 11 is 0. The van der Waals surface area contributed by atoms with Crippen molar-refractivity contribution in [1.82, 2.24) is 14.8 Å². The molecule has 0 unspecified atom stereocenters. The van der Waals surface area contributed by atoms with Gasteiger partial charge in [0.25, 0.3) is 0 Å². The molecule has 5 rings (SSSR count). The molecule has 2 atom stereocenters. The van der Waals surface area contributed by atoms with Crippen LogP contribution in [-0.4, -0.2) is 34.8 Å². The first-order valence-electron chi connectivity index (χ1n) is 9.89. The summed E-state index contributed by atoms with van der Waals surface area (Å²) in [6, 6.07) is 15.4. The number of nitrogens with one attached hydrogen (secondary N) is 1. The zero-order valence-electron chi connectivity index (χ0n) is 16.8. The first-order chi connectivity index (χ1) is 14.7. The Morgan fingerprint density at radius 3 is 2.67 bits per heavy atom. The summed E-state index contributed by atoms with van der Waals surface area (Å²) in [6.07, 6.45) is 2.71. The van der Waals surface area contributed by atoms with E-state index < -0.39 is 6.04 Å². The summed E-state index contributed by atoms with van der Waals surface area (Å²) in [5, 5.41) is 7.76. The van der Waals surface area contributed by atoms with Gasteiger partial charge in [0.05, 0.1) is 14.2 Å². The zero-order chi connectivity index (χ0) is 20.7. The van der Waals surface area contributed by atoms with Crippen LogP contribution in [0.5, 0.6) is 11.5 Å². The topological polar surface area (TPSA) is 78.3 Å². The van der Waals surface area contributed by atoms with Crippen LogP contribution in [0.3, 0.4) is 0 Å². The molecule has 0 saturated carbocycles. The molecule has 7 heteroatoms. The number of Topliss-reactive ketones (excluding diaryl/α,β-unsaturated/α-hetero) is 1. The minimum Gasteiger partial charge on any atom is -0.497 e. The molecule has 0 spiro atoms. The molecule has 1 N–H and O–H groups in total. The lowest BCUT2D eigenvalue weighted by Gasteiger charge is -2.35. The molecule has 0 saturated heterocycles. The third-order valence-electron chi connectivity index (χ3n) is 5.87. The summed E-state index contributed by atoms with van der Waals surface area (Å²) in [5.74, 6) is 2.21. The van der Waals surface area contributed by atoms with Crippen molar-refractivity contribution in [2.24, 2.45) is 0 Å². The average molecular weight is 402 g/mol. The van der Waals surface area contributed by atoms with Crippen LogP contribution in [0, 0.1) is 0 Å². The van der Waals surface area contributed by atoms with Gasteiger partial charge in [-0.15, -0.1) is 0 Å². The van der Waals surface area contributed by atoms with Crippen LogP contribution >= 0.6 is 0 Å². The standard InChI is InChI=1S/C23H22N4O3/c1-29-16-8-9-17(20(12-16)30-2)22-21-18(26-23-24-13-25-27(22)23)10-15(11-19(21)28)14-6-4-3-5-7-14/h3-9,12-13,15,22H,10-11H2,1-2H3,(H,24,25,26)/t15-,22+/m0/s1. The highest BCUT2D eigenvalue weighted by atomic mass is 16.5. The van der Waals surface area contributed by atoms with E-state index in [1.54, 1.807) is 18.9 Å². The summed E-state index contributed by atoms with van der Waals surface area (Å²) in [7, 11) is 3.23. The first kappa shape index (κ1) is 18.4. The number of hydrogen-bond donors (Lipinski definition) is 1. The molecule has 0 bridgehead atoms. The fourth-order valence-electron chi connectivity index (χ4n) is 4.44. The van der Waals surface area contributed by atoms with Gasteiger partial charge in [0.2, 0.25) is 5.95 Å². The number of allylic oxidation sites excluding steroid dienone is 2. The van der Waals surface area contributed by atoms with E-state index in [-0.39, 0.29) is 11.7 Å². The van der Waals surface area contributed by atoms with Crippen molar-refractivity contribution in [2.75, 3.05) is 19.5 Å². The molecule has 1 aromatic heterocycles. The summed E-state index contributed by atoms with van der Waals surface area (Å²) in [6.45, 7) is 0. The fourth-order valence-corrected chi connectivity index (χ4v) is 4.44. The molecule has 2 heterocycles. The Labute approximate surface area is 174 Å². The van der Waals surface area contributed by atoms with Crippen LogP contribution in [0.2, 0.25) is 0 Å². The summed E-state index contributed by atoms with van der Waals surface area (Å²) in [4.78, 5) is 17.8. The lowest BCUT2D eigenvalue weighted by molar-refractivity contribution is -0.116. The predicted molar refractivity (Wildman–Crippen MR) is 112 cm³/mol. The molecule has 7 nitrogen and oxygen atoms in total. The maximum Gasteiger partial charge on any atom is 0.226 e. The minimum atomic E-state index is -0.399. The Balaban J connectivity index is 1.63. The van der Waals surface area contributed by atoms with Gasteiger partial charge in [-0.1, -0.05) is 30.3 Å². The molecule has 152 valence electrons. The molecule has 1 aliphatic heterocycles. The molecular weight excluding hydrogens is 380 g/mol. The first-order valence-corrected chi connectivity index (χ1v) is 9.89. The summed E-state index contributed by atoms with van der Waals surface area (Å²) < 4.78 is 12.7. The molecule has 2 aromatic carbocycles. The van der Waals surface area contributed by atoms with E-state index in [1.807, 2.05) is 36.4 Å². The Morgan fingerprint density at radius 2 is 1.90 bits per heavy atom. The smallest absolute Gasteiger partial charge is 0.226 e. The number of nitrogens with zero attached hydrogens (tertiary/aromatic N) is 3. The Morgan fingerprint density at radius 1 is 1.07 bits per heavy atom. The number of benzene rings is 2. The molecule has 3 aromatic rings. The third kappa shape index (κ3) is 2.94. The monoisotopic (exact) mass is 402 g/mol. The number of fused-ring (bicyclic) bond motifs is 1. The zero-order valence-corrected chi connectivity index (χ0v) is 16.8. The van der Waals surface area contributed by atoms with E-state index >= 15 is 0 Å². The van der Waals surface area contributed by atoms with Gasteiger partial charge in [-0.25, -0.2) is 4.68 Å². The molecule has 30 heavy (non-hydrogen) atoms. The van der Waals surface area contributed by atoms with E-state index in [4.69, 9.17) is 9.47 Å². The number of anilines is 1. The number of hydrogen-bond acceptors (Lipinski definition) is 6. The fraction of sp³-hybridized carbons (Fsp3) is 0.261. The van der Waals surface area contributed by atoms with Crippen LogP contribution in [0.15, 0.2) is 66.1 Å².